The minimum atomic E-state index is 0.0348. The Morgan fingerprint density at radius 3 is 1.29 bits per heavy atom. The molecule has 0 aromatic carbocycles. The average Bonchev–Trinajstić information content (AvgIpc) is 3.10. The number of hydrogen-bond donors (Lipinski definition) is 1. The SMILES string of the molecule is CCCCCCCCCSSCCCCCCCN(CCO)CCCCCCCC(=O)OC(CCCCCCCC)CCCCCCCC. The van der Waals surface area contributed by atoms with Crippen LogP contribution in [0.3, 0.4) is 0 Å². The van der Waals surface area contributed by atoms with E-state index in [-0.39, 0.29) is 18.7 Å². The summed E-state index contributed by atoms with van der Waals surface area (Å²) in [7, 11) is 4.18. The minimum Gasteiger partial charge on any atom is -0.462 e. The normalized spacial score (nSPS) is 11.7. The molecule has 1 N–H and O–H groups in total. The minimum absolute atomic E-state index is 0.0348. The number of carbonyl (C=O) groups is 1. The molecule has 0 amide bonds. The second-order valence-corrected chi connectivity index (χ2v) is 17.5. The Morgan fingerprint density at radius 1 is 0.490 bits per heavy atom. The highest BCUT2D eigenvalue weighted by atomic mass is 33.1. The second-order valence-electron chi connectivity index (χ2n) is 14.8. The zero-order valence-electron chi connectivity index (χ0n) is 33.5. The zero-order valence-corrected chi connectivity index (χ0v) is 35.1. The van der Waals surface area contributed by atoms with Crippen LogP contribution >= 0.6 is 21.6 Å². The number of rotatable bonds is 42. The lowest BCUT2D eigenvalue weighted by molar-refractivity contribution is -0.150. The van der Waals surface area contributed by atoms with Crippen LogP contribution in [-0.2, 0) is 9.53 Å². The van der Waals surface area contributed by atoms with Gasteiger partial charge in [-0.05, 0) is 70.9 Å². The molecule has 0 aliphatic heterocycles. The molecule has 0 aliphatic rings. The van der Waals surface area contributed by atoms with Gasteiger partial charge in [0.15, 0.2) is 0 Å². The molecule has 0 bridgehead atoms. The fourth-order valence-corrected chi connectivity index (χ4v) is 8.98. The highest BCUT2D eigenvalue weighted by molar-refractivity contribution is 8.76. The van der Waals surface area contributed by atoms with Gasteiger partial charge >= 0.3 is 5.97 Å². The predicted molar refractivity (Wildman–Crippen MR) is 223 cm³/mol. The van der Waals surface area contributed by atoms with Crippen LogP contribution in [0.25, 0.3) is 0 Å². The van der Waals surface area contributed by atoms with Crippen LogP contribution in [0.5, 0.6) is 0 Å². The lowest BCUT2D eigenvalue weighted by Crippen LogP contribution is -2.29. The van der Waals surface area contributed by atoms with Gasteiger partial charge in [0.25, 0.3) is 0 Å². The highest BCUT2D eigenvalue weighted by Gasteiger charge is 2.14. The van der Waals surface area contributed by atoms with E-state index in [0.717, 1.165) is 45.3 Å². The van der Waals surface area contributed by atoms with E-state index >= 15 is 0 Å². The first-order chi connectivity index (χ1) is 24.2. The van der Waals surface area contributed by atoms with Crippen molar-refractivity contribution >= 4 is 27.6 Å². The summed E-state index contributed by atoms with van der Waals surface area (Å²) < 4.78 is 6.03. The van der Waals surface area contributed by atoms with Gasteiger partial charge in [0.2, 0.25) is 0 Å². The Hall–Kier alpha value is 0.0900. The average molecular weight is 730 g/mol. The Labute approximate surface area is 316 Å². The maximum Gasteiger partial charge on any atom is 0.306 e. The van der Waals surface area contributed by atoms with E-state index in [4.69, 9.17) is 4.74 Å². The number of aliphatic hydroxyl groups is 1. The Balaban J connectivity index is 3.87. The molecule has 0 rings (SSSR count). The van der Waals surface area contributed by atoms with Crippen molar-refractivity contribution in [2.45, 2.75) is 232 Å². The number of ether oxygens (including phenoxy) is 1. The Bertz CT molecular complexity index is 622. The van der Waals surface area contributed by atoms with Crippen molar-refractivity contribution in [3.05, 3.63) is 0 Å². The van der Waals surface area contributed by atoms with E-state index in [9.17, 15) is 9.90 Å². The number of carbonyl (C=O) groups excluding carboxylic acids is 1. The molecule has 6 heteroatoms. The van der Waals surface area contributed by atoms with Crippen molar-refractivity contribution < 1.29 is 14.6 Å². The molecule has 0 heterocycles. The summed E-state index contributed by atoms with van der Waals surface area (Å²) in [5.41, 5.74) is 0. The van der Waals surface area contributed by atoms with Gasteiger partial charge < -0.3 is 14.7 Å². The molecule has 0 aromatic heterocycles. The zero-order chi connectivity index (χ0) is 35.7. The van der Waals surface area contributed by atoms with Crippen molar-refractivity contribution in [2.24, 2.45) is 0 Å². The summed E-state index contributed by atoms with van der Waals surface area (Å²) in [6.45, 7) is 10.1. The summed E-state index contributed by atoms with van der Waals surface area (Å²) >= 11 is 0. The molecular weight excluding hydrogens is 643 g/mol. The van der Waals surface area contributed by atoms with Crippen molar-refractivity contribution in [3.8, 4) is 0 Å². The van der Waals surface area contributed by atoms with Gasteiger partial charge in [-0.1, -0.05) is 184 Å². The van der Waals surface area contributed by atoms with E-state index in [1.54, 1.807) is 0 Å². The van der Waals surface area contributed by atoms with Gasteiger partial charge in [0.05, 0.1) is 6.61 Å². The standard InChI is InChI=1S/C43H87NO3S2/c1-4-7-10-13-16-24-31-40-48-49-41-32-25-18-23-30-37-44(38-39-45)36-29-22-17-21-28-35-43(46)47-42(33-26-19-14-11-8-5-2)34-27-20-15-12-9-6-3/h42,45H,4-41H2,1-3H3. The molecule has 0 aromatic rings. The van der Waals surface area contributed by atoms with E-state index in [1.807, 2.05) is 0 Å². The fourth-order valence-electron chi connectivity index (χ4n) is 6.69. The lowest BCUT2D eigenvalue weighted by atomic mass is 10.0. The predicted octanol–water partition coefficient (Wildman–Crippen LogP) is 14.1. The number of unbranched alkanes of at least 4 members (excludes halogenated alkanes) is 24. The molecule has 0 atom stereocenters. The quantitative estimate of drug-likeness (QED) is 0.0383. The molecule has 49 heavy (non-hydrogen) atoms. The molecule has 0 spiro atoms. The topological polar surface area (TPSA) is 49.8 Å². The summed E-state index contributed by atoms with van der Waals surface area (Å²) in [5, 5.41) is 9.55. The maximum absolute atomic E-state index is 12.7. The van der Waals surface area contributed by atoms with Crippen LogP contribution in [-0.4, -0.2) is 59.8 Å². The van der Waals surface area contributed by atoms with Crippen LogP contribution in [0, 0.1) is 0 Å². The first-order valence-electron chi connectivity index (χ1n) is 21.9. The molecule has 0 radical (unpaired) electrons. The third kappa shape index (κ3) is 39.1. The molecule has 0 aliphatic carbocycles. The smallest absolute Gasteiger partial charge is 0.306 e. The number of esters is 1. The first kappa shape index (κ1) is 49.1. The molecule has 4 nitrogen and oxygen atoms in total. The van der Waals surface area contributed by atoms with Crippen molar-refractivity contribution in [2.75, 3.05) is 37.7 Å². The molecule has 0 saturated carbocycles. The summed E-state index contributed by atoms with van der Waals surface area (Å²) in [4.78, 5) is 15.1. The first-order valence-corrected chi connectivity index (χ1v) is 24.4. The summed E-state index contributed by atoms with van der Waals surface area (Å²) in [6, 6.07) is 0. The number of nitrogens with zero attached hydrogens (tertiary/aromatic N) is 1. The summed E-state index contributed by atoms with van der Waals surface area (Å²) in [5.74, 6) is 2.66. The Kier molecular flexibility index (Phi) is 42.6. The molecule has 0 saturated heterocycles. The van der Waals surface area contributed by atoms with Crippen molar-refractivity contribution in [1.29, 1.82) is 0 Å². The Morgan fingerprint density at radius 2 is 0.857 bits per heavy atom. The van der Waals surface area contributed by atoms with Gasteiger partial charge in [-0.25, -0.2) is 0 Å². The van der Waals surface area contributed by atoms with Gasteiger partial charge in [0, 0.05) is 24.5 Å². The van der Waals surface area contributed by atoms with Gasteiger partial charge in [-0.2, -0.15) is 0 Å². The largest absolute Gasteiger partial charge is 0.462 e. The van der Waals surface area contributed by atoms with Gasteiger partial charge in [-0.15, -0.1) is 0 Å². The molecule has 0 unspecified atom stereocenters. The monoisotopic (exact) mass is 730 g/mol. The van der Waals surface area contributed by atoms with Crippen molar-refractivity contribution in [3.63, 3.8) is 0 Å². The number of hydrogen-bond acceptors (Lipinski definition) is 6. The highest BCUT2D eigenvalue weighted by Crippen LogP contribution is 2.25. The molecular formula is C43H87NO3S2. The number of aliphatic hydroxyl groups excluding tert-OH is 1. The summed E-state index contributed by atoms with van der Waals surface area (Å²) in [6.07, 6.45) is 40.5. The van der Waals surface area contributed by atoms with E-state index < -0.39 is 0 Å². The maximum atomic E-state index is 12.7. The second kappa shape index (κ2) is 42.5. The molecule has 0 fully saturated rings. The lowest BCUT2D eigenvalue weighted by Gasteiger charge is -2.21. The van der Waals surface area contributed by atoms with Gasteiger partial charge in [0.1, 0.15) is 6.10 Å². The van der Waals surface area contributed by atoms with Crippen LogP contribution < -0.4 is 0 Å². The third-order valence-corrected chi connectivity index (χ3v) is 12.5. The van der Waals surface area contributed by atoms with E-state index in [1.165, 1.54) is 185 Å². The molecule has 294 valence electrons. The van der Waals surface area contributed by atoms with E-state index in [0.29, 0.717) is 6.42 Å². The third-order valence-electron chi connectivity index (χ3n) is 9.95. The van der Waals surface area contributed by atoms with Gasteiger partial charge in [-0.3, -0.25) is 4.79 Å². The van der Waals surface area contributed by atoms with Crippen LogP contribution in [0.15, 0.2) is 0 Å². The van der Waals surface area contributed by atoms with Crippen LogP contribution in [0.2, 0.25) is 0 Å². The van der Waals surface area contributed by atoms with Crippen LogP contribution in [0.4, 0.5) is 0 Å². The fraction of sp³-hybridized carbons (Fsp3) is 0.977. The van der Waals surface area contributed by atoms with Crippen LogP contribution in [0.1, 0.15) is 226 Å². The van der Waals surface area contributed by atoms with Crippen molar-refractivity contribution in [1.82, 2.24) is 4.90 Å². The van der Waals surface area contributed by atoms with E-state index in [2.05, 4.69) is 47.3 Å².